The second-order valence-electron chi connectivity index (χ2n) is 5.28. The first-order valence-electron chi connectivity index (χ1n) is 6.59. The molecule has 4 heteroatoms. The summed E-state index contributed by atoms with van der Waals surface area (Å²) in [6, 6.07) is 10.5. The van der Waals surface area contributed by atoms with Crippen LogP contribution in [0.3, 0.4) is 0 Å². The molecule has 2 rings (SSSR count). The molecule has 0 bridgehead atoms. The molecule has 0 spiro atoms. The van der Waals surface area contributed by atoms with Crippen LogP contribution < -0.4 is 5.32 Å². The van der Waals surface area contributed by atoms with E-state index in [1.54, 1.807) is 0 Å². The summed E-state index contributed by atoms with van der Waals surface area (Å²) in [6.07, 6.45) is 2.04. The summed E-state index contributed by atoms with van der Waals surface area (Å²) in [5.74, 6) is 0.444. The highest BCUT2D eigenvalue weighted by molar-refractivity contribution is 8.02. The van der Waals surface area contributed by atoms with Gasteiger partial charge in [0.15, 0.2) is 6.34 Å². The highest BCUT2D eigenvalue weighted by Crippen LogP contribution is 2.39. The lowest BCUT2D eigenvalue weighted by atomic mass is 10.1. The van der Waals surface area contributed by atoms with Crippen molar-refractivity contribution in [2.75, 3.05) is 20.8 Å². The summed E-state index contributed by atoms with van der Waals surface area (Å²) in [5, 5.41) is 4.57. The van der Waals surface area contributed by atoms with Crippen molar-refractivity contribution in [2.24, 2.45) is 10.9 Å². The number of nitrogens with one attached hydrogen (secondary N) is 1. The summed E-state index contributed by atoms with van der Waals surface area (Å²) in [7, 11) is 4.18. The Hall–Kier alpha value is -1.10. The highest BCUT2D eigenvalue weighted by Gasteiger charge is 2.36. The van der Waals surface area contributed by atoms with Crippen LogP contribution in [-0.2, 0) is 0 Å². The SMILES string of the molecule is CNC[N+]1(C)C=NC(C(C)C)=C1Sc1ccccc1. The molecule has 0 fully saturated rings. The third-order valence-corrected chi connectivity index (χ3v) is 4.45. The molecule has 0 amide bonds. The summed E-state index contributed by atoms with van der Waals surface area (Å²) < 4.78 is 0.726. The molecule has 0 aliphatic carbocycles. The molecule has 3 nitrogen and oxygen atoms in total. The fourth-order valence-electron chi connectivity index (χ4n) is 2.15. The van der Waals surface area contributed by atoms with Gasteiger partial charge in [0, 0.05) is 10.8 Å². The Labute approximate surface area is 120 Å². The second kappa shape index (κ2) is 5.90. The van der Waals surface area contributed by atoms with Crippen LogP contribution in [0.4, 0.5) is 0 Å². The Kier molecular flexibility index (Phi) is 4.45. The van der Waals surface area contributed by atoms with Crippen LogP contribution in [0.25, 0.3) is 0 Å². The van der Waals surface area contributed by atoms with Crippen LogP contribution in [0.5, 0.6) is 0 Å². The lowest BCUT2D eigenvalue weighted by Gasteiger charge is -2.27. The summed E-state index contributed by atoms with van der Waals surface area (Å²) >= 11 is 1.82. The van der Waals surface area contributed by atoms with E-state index in [1.165, 1.54) is 15.6 Å². The summed E-state index contributed by atoms with van der Waals surface area (Å²) in [4.78, 5) is 5.92. The molecule has 1 atom stereocenters. The van der Waals surface area contributed by atoms with E-state index >= 15 is 0 Å². The molecule has 1 aliphatic rings. The van der Waals surface area contributed by atoms with E-state index in [9.17, 15) is 0 Å². The largest absolute Gasteiger partial charge is 0.273 e. The van der Waals surface area contributed by atoms with Crippen molar-refractivity contribution in [1.29, 1.82) is 0 Å². The van der Waals surface area contributed by atoms with Gasteiger partial charge in [-0.25, -0.2) is 9.48 Å². The predicted octanol–water partition coefficient (Wildman–Crippen LogP) is 3.27. The van der Waals surface area contributed by atoms with E-state index in [0.29, 0.717) is 5.92 Å². The standard InChI is InChI=1S/C15H22N3S/c1-12(2)14-15(18(4,10-16-3)11-17-14)19-13-8-6-5-7-9-13/h5-9,11-12,16H,10H2,1-4H3/q+1. The average Bonchev–Trinajstić information content (AvgIpc) is 2.69. The Morgan fingerprint density at radius 3 is 2.53 bits per heavy atom. The molecule has 1 N–H and O–H groups in total. The normalized spacial score (nSPS) is 22.6. The third kappa shape index (κ3) is 3.08. The van der Waals surface area contributed by atoms with Crippen molar-refractivity contribution < 1.29 is 4.48 Å². The first-order chi connectivity index (χ1) is 9.07. The number of hydrogen-bond acceptors (Lipinski definition) is 3. The Balaban J connectivity index is 2.33. The minimum absolute atomic E-state index is 0.444. The van der Waals surface area contributed by atoms with Gasteiger partial charge < -0.3 is 0 Å². The smallest absolute Gasteiger partial charge is 0.201 e. The molecule has 0 radical (unpaired) electrons. The maximum absolute atomic E-state index is 4.65. The summed E-state index contributed by atoms with van der Waals surface area (Å²) in [5.41, 5.74) is 1.20. The van der Waals surface area contributed by atoms with E-state index in [0.717, 1.165) is 11.2 Å². The zero-order chi connectivity index (χ0) is 13.9. The maximum Gasteiger partial charge on any atom is 0.201 e. The highest BCUT2D eigenvalue weighted by atomic mass is 32.2. The van der Waals surface area contributed by atoms with Gasteiger partial charge in [0.25, 0.3) is 0 Å². The average molecular weight is 276 g/mol. The molecular formula is C15H22N3S+. The minimum Gasteiger partial charge on any atom is -0.273 e. The van der Waals surface area contributed by atoms with E-state index < -0.39 is 0 Å². The van der Waals surface area contributed by atoms with Crippen LogP contribution in [0, 0.1) is 5.92 Å². The van der Waals surface area contributed by atoms with Crippen LogP contribution >= 0.6 is 11.8 Å². The van der Waals surface area contributed by atoms with Gasteiger partial charge in [-0.3, -0.25) is 5.32 Å². The van der Waals surface area contributed by atoms with Crippen molar-refractivity contribution in [1.82, 2.24) is 5.32 Å². The quantitative estimate of drug-likeness (QED) is 0.835. The Bertz CT molecular complexity index is 493. The van der Waals surface area contributed by atoms with Gasteiger partial charge in [-0.1, -0.05) is 32.0 Å². The fraction of sp³-hybridized carbons (Fsp3) is 0.400. The van der Waals surface area contributed by atoms with Gasteiger partial charge in [-0.2, -0.15) is 0 Å². The maximum atomic E-state index is 4.65. The number of benzene rings is 1. The van der Waals surface area contributed by atoms with Gasteiger partial charge in [0.2, 0.25) is 5.03 Å². The number of rotatable bonds is 5. The second-order valence-corrected chi connectivity index (χ2v) is 6.35. The number of thioether (sulfide) groups is 1. The van der Waals surface area contributed by atoms with Crippen molar-refractivity contribution in [2.45, 2.75) is 18.7 Å². The molecule has 102 valence electrons. The Morgan fingerprint density at radius 2 is 1.95 bits per heavy atom. The molecule has 1 aliphatic heterocycles. The first kappa shape index (κ1) is 14.3. The number of quaternary nitrogens is 1. The lowest BCUT2D eigenvalue weighted by molar-refractivity contribution is -0.765. The zero-order valence-electron chi connectivity index (χ0n) is 12.1. The molecular weight excluding hydrogens is 254 g/mol. The van der Waals surface area contributed by atoms with E-state index in [-0.39, 0.29) is 0 Å². The minimum atomic E-state index is 0.444. The number of allylic oxidation sites excluding steroid dienone is 1. The first-order valence-corrected chi connectivity index (χ1v) is 7.41. The molecule has 0 saturated heterocycles. The van der Waals surface area contributed by atoms with E-state index in [2.05, 4.69) is 61.5 Å². The molecule has 1 unspecified atom stereocenters. The molecule has 1 heterocycles. The van der Waals surface area contributed by atoms with Crippen LogP contribution in [-0.4, -0.2) is 31.6 Å². The van der Waals surface area contributed by atoms with Crippen molar-refractivity contribution in [3.8, 4) is 0 Å². The van der Waals surface area contributed by atoms with Crippen molar-refractivity contribution >= 4 is 18.1 Å². The van der Waals surface area contributed by atoms with Crippen LogP contribution in [0.15, 0.2) is 50.9 Å². The zero-order valence-corrected chi connectivity index (χ0v) is 12.9. The molecule has 0 aromatic heterocycles. The van der Waals surface area contributed by atoms with Crippen molar-refractivity contribution in [3.63, 3.8) is 0 Å². The Morgan fingerprint density at radius 1 is 1.26 bits per heavy atom. The lowest BCUT2D eigenvalue weighted by Crippen LogP contribution is -2.45. The van der Waals surface area contributed by atoms with Gasteiger partial charge in [-0.15, -0.1) is 0 Å². The van der Waals surface area contributed by atoms with E-state index in [1.807, 2.05) is 25.1 Å². The molecule has 19 heavy (non-hydrogen) atoms. The number of aliphatic imine (C=N–C) groups is 1. The predicted molar refractivity (Wildman–Crippen MR) is 82.8 cm³/mol. The van der Waals surface area contributed by atoms with Crippen LogP contribution in [0.1, 0.15) is 13.8 Å². The number of nitrogens with zero attached hydrogens (tertiary/aromatic N) is 2. The summed E-state index contributed by atoms with van der Waals surface area (Å²) in [6.45, 7) is 5.26. The molecule has 1 aromatic carbocycles. The fourth-order valence-corrected chi connectivity index (χ4v) is 3.38. The molecule has 1 aromatic rings. The van der Waals surface area contributed by atoms with Gasteiger partial charge in [0.05, 0.1) is 7.05 Å². The van der Waals surface area contributed by atoms with Crippen LogP contribution in [0.2, 0.25) is 0 Å². The van der Waals surface area contributed by atoms with E-state index in [4.69, 9.17) is 0 Å². The van der Waals surface area contributed by atoms with Gasteiger partial charge >= 0.3 is 0 Å². The number of hydrogen-bond donors (Lipinski definition) is 1. The molecule has 0 saturated carbocycles. The van der Waals surface area contributed by atoms with Crippen molar-refractivity contribution in [3.05, 3.63) is 41.1 Å². The topological polar surface area (TPSA) is 24.4 Å². The van der Waals surface area contributed by atoms with Gasteiger partial charge in [0.1, 0.15) is 12.4 Å². The third-order valence-electron chi connectivity index (χ3n) is 3.13. The monoisotopic (exact) mass is 276 g/mol. The van der Waals surface area contributed by atoms with Gasteiger partial charge in [-0.05, 0) is 30.9 Å².